The Kier molecular flexibility index (Phi) is 2.07. The van der Waals surface area contributed by atoms with Crippen LogP contribution < -0.4 is 0 Å². The fourth-order valence-electron chi connectivity index (χ4n) is 1.48. The Hall–Kier alpha value is -0.900. The highest BCUT2D eigenvalue weighted by atomic mass is 79.9. The van der Waals surface area contributed by atoms with E-state index in [0.29, 0.717) is 6.42 Å². The molecule has 1 fully saturated rings. The van der Waals surface area contributed by atoms with E-state index in [-0.39, 0.29) is 16.9 Å². The molecule has 13 heavy (non-hydrogen) atoms. The fraction of sp³-hybridized carbons (Fsp3) is 0.333. The zero-order chi connectivity index (χ0) is 9.42. The predicted octanol–water partition coefficient (Wildman–Crippen LogP) is 2.58. The molecule has 0 spiro atoms. The van der Waals surface area contributed by atoms with Crippen LogP contribution in [0, 0.1) is 10.1 Å². The minimum atomic E-state index is -0.346. The van der Waals surface area contributed by atoms with Crippen molar-refractivity contribution in [1.29, 1.82) is 0 Å². The van der Waals surface area contributed by atoms with Crippen LogP contribution in [0.2, 0.25) is 0 Å². The first-order chi connectivity index (χ1) is 6.18. The monoisotopic (exact) mass is 241 g/mol. The maximum atomic E-state index is 10.4. The van der Waals surface area contributed by atoms with Crippen LogP contribution in [-0.2, 0) is 0 Å². The summed E-state index contributed by atoms with van der Waals surface area (Å²) in [4.78, 5) is 10.2. The van der Waals surface area contributed by atoms with Gasteiger partial charge in [-0.25, -0.2) is 0 Å². The third kappa shape index (κ3) is 1.72. The molecule has 2 rings (SSSR count). The molecule has 3 nitrogen and oxygen atoms in total. The van der Waals surface area contributed by atoms with Gasteiger partial charge in [-0.1, -0.05) is 28.1 Å². The zero-order valence-corrected chi connectivity index (χ0v) is 8.40. The largest absolute Gasteiger partial charge is 0.264 e. The molecular weight excluding hydrogens is 234 g/mol. The van der Waals surface area contributed by atoms with Crippen molar-refractivity contribution in [2.24, 2.45) is 0 Å². The van der Waals surface area contributed by atoms with Gasteiger partial charge in [-0.15, -0.1) is 0 Å². The Morgan fingerprint density at radius 3 is 2.46 bits per heavy atom. The summed E-state index contributed by atoms with van der Waals surface area (Å²) in [6, 6.07) is 7.38. The molecule has 0 aromatic heterocycles. The second-order valence-corrected chi connectivity index (χ2v) is 4.16. The summed E-state index contributed by atoms with van der Waals surface area (Å²) in [5, 5.41) is 10.4. The van der Waals surface area contributed by atoms with Crippen molar-refractivity contribution in [3.8, 4) is 0 Å². The topological polar surface area (TPSA) is 43.1 Å². The van der Waals surface area contributed by atoms with Gasteiger partial charge in [-0.3, -0.25) is 10.1 Å². The van der Waals surface area contributed by atoms with E-state index in [1.807, 2.05) is 24.3 Å². The van der Waals surface area contributed by atoms with E-state index in [0.717, 1.165) is 10.0 Å². The lowest BCUT2D eigenvalue weighted by molar-refractivity contribution is -0.496. The Balaban J connectivity index is 2.12. The SMILES string of the molecule is O=[N+]([O-])[C@H]1C[C@@H]1c1ccc(Br)cc1. The maximum absolute atomic E-state index is 10.4. The molecule has 1 aliphatic carbocycles. The smallest absolute Gasteiger partial charge is 0.221 e. The minimum Gasteiger partial charge on any atom is -0.264 e. The average molecular weight is 242 g/mol. The van der Waals surface area contributed by atoms with Crippen LogP contribution in [-0.4, -0.2) is 11.0 Å². The third-order valence-electron chi connectivity index (χ3n) is 2.33. The molecule has 0 aliphatic heterocycles. The van der Waals surface area contributed by atoms with Crippen molar-refractivity contribution in [1.82, 2.24) is 0 Å². The highest BCUT2D eigenvalue weighted by Crippen LogP contribution is 2.42. The van der Waals surface area contributed by atoms with Crippen LogP contribution in [0.4, 0.5) is 0 Å². The van der Waals surface area contributed by atoms with Crippen molar-refractivity contribution < 1.29 is 4.92 Å². The van der Waals surface area contributed by atoms with Gasteiger partial charge in [0.1, 0.15) is 0 Å². The standard InChI is InChI=1S/C9H8BrNO2/c10-7-3-1-6(2-4-7)8-5-9(8)11(12)13/h1-4,8-9H,5H2/t8-,9+/m1/s1. The van der Waals surface area contributed by atoms with E-state index in [4.69, 9.17) is 0 Å². The second-order valence-electron chi connectivity index (χ2n) is 3.25. The van der Waals surface area contributed by atoms with E-state index < -0.39 is 0 Å². The molecule has 0 saturated heterocycles. The van der Waals surface area contributed by atoms with Crippen LogP contribution in [0.5, 0.6) is 0 Å². The lowest BCUT2D eigenvalue weighted by atomic mass is 10.1. The Morgan fingerprint density at radius 2 is 2.00 bits per heavy atom. The van der Waals surface area contributed by atoms with Gasteiger partial charge in [0, 0.05) is 15.8 Å². The van der Waals surface area contributed by atoms with Gasteiger partial charge >= 0.3 is 0 Å². The van der Waals surface area contributed by atoms with Crippen LogP contribution in [0.1, 0.15) is 17.9 Å². The third-order valence-corrected chi connectivity index (χ3v) is 2.85. The van der Waals surface area contributed by atoms with Crippen LogP contribution >= 0.6 is 15.9 Å². The van der Waals surface area contributed by atoms with Crippen LogP contribution in [0.3, 0.4) is 0 Å². The van der Waals surface area contributed by atoms with Crippen molar-refractivity contribution in [3.05, 3.63) is 44.4 Å². The van der Waals surface area contributed by atoms with Crippen LogP contribution in [0.15, 0.2) is 28.7 Å². The summed E-state index contributed by atoms with van der Waals surface area (Å²) >= 11 is 3.33. The van der Waals surface area contributed by atoms with Crippen molar-refractivity contribution in [2.45, 2.75) is 18.4 Å². The first-order valence-corrected chi connectivity index (χ1v) is 4.87. The molecular formula is C9H8BrNO2. The van der Waals surface area contributed by atoms with Gasteiger partial charge in [0.05, 0.1) is 5.92 Å². The zero-order valence-electron chi connectivity index (χ0n) is 6.81. The number of halogens is 1. The fourth-order valence-corrected chi connectivity index (χ4v) is 1.75. The van der Waals surface area contributed by atoms with E-state index in [1.165, 1.54) is 0 Å². The van der Waals surface area contributed by atoms with E-state index in [1.54, 1.807) is 0 Å². The van der Waals surface area contributed by atoms with Gasteiger partial charge < -0.3 is 0 Å². The lowest BCUT2D eigenvalue weighted by Crippen LogP contribution is -2.02. The summed E-state index contributed by atoms with van der Waals surface area (Å²) in [6.45, 7) is 0. The highest BCUT2D eigenvalue weighted by Gasteiger charge is 2.48. The Labute approximate surface area is 84.0 Å². The van der Waals surface area contributed by atoms with E-state index >= 15 is 0 Å². The molecule has 1 aromatic carbocycles. The van der Waals surface area contributed by atoms with Crippen molar-refractivity contribution in [2.75, 3.05) is 0 Å². The summed E-state index contributed by atoms with van der Waals surface area (Å²) in [7, 11) is 0. The molecule has 0 amide bonds. The molecule has 0 bridgehead atoms. The summed E-state index contributed by atoms with van der Waals surface area (Å²) in [5.74, 6) is 0.142. The Morgan fingerprint density at radius 1 is 1.38 bits per heavy atom. The van der Waals surface area contributed by atoms with Crippen LogP contribution in [0.25, 0.3) is 0 Å². The molecule has 0 unspecified atom stereocenters. The van der Waals surface area contributed by atoms with Gasteiger partial charge in [0.25, 0.3) is 0 Å². The minimum absolute atomic E-state index is 0.142. The molecule has 1 aliphatic rings. The molecule has 1 aromatic rings. The highest BCUT2D eigenvalue weighted by molar-refractivity contribution is 9.10. The normalized spacial score (nSPS) is 25.6. The van der Waals surface area contributed by atoms with Gasteiger partial charge in [0.15, 0.2) is 0 Å². The molecule has 0 radical (unpaired) electrons. The maximum Gasteiger partial charge on any atom is 0.221 e. The molecule has 2 atom stereocenters. The first kappa shape index (κ1) is 8.69. The Bertz CT molecular complexity index is 336. The summed E-state index contributed by atoms with van der Waals surface area (Å²) in [5.41, 5.74) is 1.07. The molecule has 4 heteroatoms. The van der Waals surface area contributed by atoms with E-state index in [2.05, 4.69) is 15.9 Å². The van der Waals surface area contributed by atoms with E-state index in [9.17, 15) is 10.1 Å². The lowest BCUT2D eigenvalue weighted by Gasteiger charge is -1.96. The average Bonchev–Trinajstić information content (AvgIpc) is 2.85. The first-order valence-electron chi connectivity index (χ1n) is 4.07. The van der Waals surface area contributed by atoms with Crippen molar-refractivity contribution >= 4 is 15.9 Å². The number of nitrogens with zero attached hydrogens (tertiary/aromatic N) is 1. The van der Waals surface area contributed by atoms with Gasteiger partial charge in [0.2, 0.25) is 6.04 Å². The molecule has 0 heterocycles. The number of nitro groups is 1. The molecule has 1 saturated carbocycles. The summed E-state index contributed by atoms with van der Waals surface area (Å²) < 4.78 is 1.01. The number of benzene rings is 1. The predicted molar refractivity (Wildman–Crippen MR) is 52.3 cm³/mol. The van der Waals surface area contributed by atoms with Gasteiger partial charge in [-0.05, 0) is 17.7 Å². The van der Waals surface area contributed by atoms with Crippen molar-refractivity contribution in [3.63, 3.8) is 0 Å². The number of hydrogen-bond donors (Lipinski definition) is 0. The number of hydrogen-bond acceptors (Lipinski definition) is 2. The molecule has 0 N–H and O–H groups in total. The molecule has 68 valence electrons. The quantitative estimate of drug-likeness (QED) is 0.590. The van der Waals surface area contributed by atoms with Gasteiger partial charge in [-0.2, -0.15) is 0 Å². The summed E-state index contributed by atoms with van der Waals surface area (Å²) in [6.07, 6.45) is 0.689. The number of rotatable bonds is 2. The second kappa shape index (κ2) is 3.10.